The number of fused-ring (bicyclic) bond motifs is 1. The van der Waals surface area contributed by atoms with E-state index in [9.17, 15) is 0 Å². The van der Waals surface area contributed by atoms with Crippen LogP contribution in [0.15, 0.2) is 35.0 Å². The lowest BCUT2D eigenvalue weighted by Gasteiger charge is -2.19. The summed E-state index contributed by atoms with van der Waals surface area (Å²) in [5.41, 5.74) is 3.31. The molecule has 21 heavy (non-hydrogen) atoms. The van der Waals surface area contributed by atoms with Gasteiger partial charge in [-0.25, -0.2) is 4.98 Å². The molecule has 0 fully saturated rings. The molecule has 0 bridgehead atoms. The van der Waals surface area contributed by atoms with Gasteiger partial charge in [0.25, 0.3) is 0 Å². The molecule has 0 aliphatic heterocycles. The van der Waals surface area contributed by atoms with Crippen LogP contribution >= 0.6 is 0 Å². The van der Waals surface area contributed by atoms with Gasteiger partial charge in [-0.05, 0) is 23.6 Å². The van der Waals surface area contributed by atoms with Gasteiger partial charge in [0.05, 0.1) is 17.2 Å². The highest BCUT2D eigenvalue weighted by atomic mass is 16.5. The predicted molar refractivity (Wildman–Crippen MR) is 83.4 cm³/mol. The van der Waals surface area contributed by atoms with E-state index in [1.807, 2.05) is 6.07 Å². The quantitative estimate of drug-likeness (QED) is 0.781. The molecular formula is C17H21N3O. The van der Waals surface area contributed by atoms with Crippen molar-refractivity contribution in [2.24, 2.45) is 0 Å². The number of nitrogens with zero attached hydrogens (tertiary/aromatic N) is 2. The summed E-state index contributed by atoms with van der Waals surface area (Å²) in [5.74, 6) is 2.38. The topological polar surface area (TPSA) is 54.7 Å². The molecule has 110 valence electrons. The third kappa shape index (κ3) is 2.71. The third-order valence-corrected chi connectivity index (χ3v) is 3.94. The van der Waals surface area contributed by atoms with Crippen molar-refractivity contribution in [2.45, 2.75) is 45.4 Å². The van der Waals surface area contributed by atoms with Crippen molar-refractivity contribution in [1.82, 2.24) is 15.1 Å². The second-order valence-corrected chi connectivity index (χ2v) is 6.55. The maximum atomic E-state index is 5.30. The molecule has 0 radical (unpaired) electrons. The first kappa shape index (κ1) is 13.9. The van der Waals surface area contributed by atoms with E-state index in [0.717, 1.165) is 29.0 Å². The van der Waals surface area contributed by atoms with Gasteiger partial charge >= 0.3 is 0 Å². The zero-order valence-corrected chi connectivity index (χ0v) is 13.0. The van der Waals surface area contributed by atoms with E-state index < -0.39 is 0 Å². The highest BCUT2D eigenvalue weighted by molar-refractivity contribution is 5.76. The number of H-pyrrole nitrogens is 1. The van der Waals surface area contributed by atoms with Crippen molar-refractivity contribution in [1.29, 1.82) is 0 Å². The van der Waals surface area contributed by atoms with Crippen molar-refractivity contribution in [3.63, 3.8) is 0 Å². The molecule has 0 saturated heterocycles. The average Bonchev–Trinajstić information content (AvgIpc) is 3.06. The maximum Gasteiger partial charge on any atom is 0.142 e. The van der Waals surface area contributed by atoms with Gasteiger partial charge in [-0.15, -0.1) is 0 Å². The van der Waals surface area contributed by atoms with Crippen molar-refractivity contribution in [2.75, 3.05) is 0 Å². The number of aromatic amines is 1. The molecule has 3 rings (SSSR count). The molecular weight excluding hydrogens is 262 g/mol. The van der Waals surface area contributed by atoms with Gasteiger partial charge in [-0.3, -0.25) is 0 Å². The summed E-state index contributed by atoms with van der Waals surface area (Å²) in [6, 6.07) is 8.35. The molecule has 2 heterocycles. The second kappa shape index (κ2) is 5.02. The minimum atomic E-state index is -0.134. The number of aromatic nitrogens is 3. The average molecular weight is 283 g/mol. The van der Waals surface area contributed by atoms with Gasteiger partial charge in [0.1, 0.15) is 11.6 Å². The smallest absolute Gasteiger partial charge is 0.142 e. The van der Waals surface area contributed by atoms with Crippen LogP contribution in [0.4, 0.5) is 0 Å². The molecule has 0 spiro atoms. The molecule has 1 aromatic carbocycles. The SMILES string of the molecule is CC(C)c1ccc2nc(CC(C)(C)c3ccno3)[nH]c2c1. The van der Waals surface area contributed by atoms with Gasteiger partial charge in [-0.2, -0.15) is 0 Å². The number of benzene rings is 1. The Balaban J connectivity index is 1.91. The lowest BCUT2D eigenvalue weighted by Crippen LogP contribution is -2.20. The van der Waals surface area contributed by atoms with Crippen LogP contribution < -0.4 is 0 Å². The van der Waals surface area contributed by atoms with Gasteiger partial charge in [0, 0.05) is 17.9 Å². The highest BCUT2D eigenvalue weighted by Crippen LogP contribution is 2.27. The van der Waals surface area contributed by atoms with Crippen LogP contribution in [0.25, 0.3) is 11.0 Å². The molecule has 2 aromatic heterocycles. The van der Waals surface area contributed by atoms with Gasteiger partial charge in [0.2, 0.25) is 0 Å². The highest BCUT2D eigenvalue weighted by Gasteiger charge is 2.26. The van der Waals surface area contributed by atoms with Crippen molar-refractivity contribution in [3.8, 4) is 0 Å². The summed E-state index contributed by atoms with van der Waals surface area (Å²) in [6.45, 7) is 8.68. The summed E-state index contributed by atoms with van der Waals surface area (Å²) >= 11 is 0. The van der Waals surface area contributed by atoms with Gasteiger partial charge in [-0.1, -0.05) is 38.9 Å². The van der Waals surface area contributed by atoms with Crippen LogP contribution in [0, 0.1) is 0 Å². The predicted octanol–water partition coefficient (Wildman–Crippen LogP) is 4.19. The van der Waals surface area contributed by atoms with E-state index >= 15 is 0 Å². The van der Waals surface area contributed by atoms with Gasteiger partial charge < -0.3 is 9.51 Å². The summed E-state index contributed by atoms with van der Waals surface area (Å²) in [6.07, 6.45) is 2.47. The Morgan fingerprint density at radius 2 is 2.05 bits per heavy atom. The summed E-state index contributed by atoms with van der Waals surface area (Å²) in [5, 5.41) is 3.80. The first-order valence-corrected chi connectivity index (χ1v) is 7.35. The van der Waals surface area contributed by atoms with E-state index in [2.05, 4.69) is 56.0 Å². The van der Waals surface area contributed by atoms with E-state index in [4.69, 9.17) is 9.51 Å². The molecule has 0 atom stereocenters. The van der Waals surface area contributed by atoms with E-state index in [1.54, 1.807) is 6.20 Å². The molecule has 0 aliphatic rings. The standard InChI is InChI=1S/C17H21N3O/c1-11(2)12-5-6-13-14(9-12)20-16(19-13)10-17(3,4)15-7-8-18-21-15/h5-9,11H,10H2,1-4H3,(H,19,20). The minimum absolute atomic E-state index is 0.134. The fourth-order valence-corrected chi connectivity index (χ4v) is 2.59. The first-order valence-electron chi connectivity index (χ1n) is 7.35. The normalized spacial score (nSPS) is 12.4. The molecule has 0 aliphatic carbocycles. The summed E-state index contributed by atoms with van der Waals surface area (Å²) in [7, 11) is 0. The number of hydrogen-bond acceptors (Lipinski definition) is 3. The van der Waals surface area contributed by atoms with Crippen molar-refractivity contribution >= 4 is 11.0 Å². The first-order chi connectivity index (χ1) is 9.95. The lowest BCUT2D eigenvalue weighted by molar-refractivity contribution is 0.312. The molecule has 0 saturated carbocycles. The monoisotopic (exact) mass is 283 g/mol. The van der Waals surface area contributed by atoms with Crippen LogP contribution in [0.2, 0.25) is 0 Å². The van der Waals surface area contributed by atoms with E-state index in [-0.39, 0.29) is 5.41 Å². The Morgan fingerprint density at radius 3 is 2.71 bits per heavy atom. The fraction of sp³-hybridized carbons (Fsp3) is 0.412. The molecule has 4 nitrogen and oxygen atoms in total. The summed E-state index contributed by atoms with van der Waals surface area (Å²) < 4.78 is 5.30. The Bertz CT molecular complexity index is 739. The Kier molecular flexibility index (Phi) is 3.32. The Hall–Kier alpha value is -2.10. The zero-order valence-electron chi connectivity index (χ0n) is 13.0. The van der Waals surface area contributed by atoms with Gasteiger partial charge in [0.15, 0.2) is 0 Å². The lowest BCUT2D eigenvalue weighted by atomic mass is 9.86. The largest absolute Gasteiger partial charge is 0.361 e. The van der Waals surface area contributed by atoms with Crippen LogP contribution in [-0.4, -0.2) is 15.1 Å². The number of nitrogens with one attached hydrogen (secondary N) is 1. The molecule has 4 heteroatoms. The van der Waals surface area contributed by atoms with Crippen molar-refractivity contribution in [3.05, 3.63) is 47.6 Å². The second-order valence-electron chi connectivity index (χ2n) is 6.55. The molecule has 0 unspecified atom stereocenters. The third-order valence-electron chi connectivity index (χ3n) is 3.94. The van der Waals surface area contributed by atoms with Crippen LogP contribution in [0.5, 0.6) is 0 Å². The number of rotatable bonds is 4. The van der Waals surface area contributed by atoms with Crippen molar-refractivity contribution < 1.29 is 4.52 Å². The molecule has 3 aromatic rings. The number of hydrogen-bond donors (Lipinski definition) is 1. The number of imidazole rings is 1. The zero-order chi connectivity index (χ0) is 15.0. The summed E-state index contributed by atoms with van der Waals surface area (Å²) in [4.78, 5) is 8.13. The van der Waals surface area contributed by atoms with Crippen LogP contribution in [0.1, 0.15) is 50.8 Å². The fourth-order valence-electron chi connectivity index (χ4n) is 2.59. The minimum Gasteiger partial charge on any atom is -0.361 e. The van der Waals surface area contributed by atoms with Crippen LogP contribution in [0.3, 0.4) is 0 Å². The van der Waals surface area contributed by atoms with Crippen LogP contribution in [-0.2, 0) is 11.8 Å². The molecule has 1 N–H and O–H groups in total. The Labute approximate surface area is 124 Å². The maximum absolute atomic E-state index is 5.30. The Morgan fingerprint density at radius 1 is 1.24 bits per heavy atom. The van der Waals surface area contributed by atoms with E-state index in [1.165, 1.54) is 5.56 Å². The van der Waals surface area contributed by atoms with E-state index in [0.29, 0.717) is 5.92 Å². The molecule has 0 amide bonds.